The van der Waals surface area contributed by atoms with Crippen molar-refractivity contribution in [2.24, 2.45) is 0 Å². The van der Waals surface area contributed by atoms with Gasteiger partial charge in [-0.2, -0.15) is 15.0 Å². The standard InChI is InChI=1S/C20H17N5O2S/c26-19(16-6-8-17(9-7-16)27-20-21-12-13-28-20)24-18(14-25-22-10-11-23-25)15-4-2-1-3-5-15/h1-13,18H,14H2,(H,24,26). The van der Waals surface area contributed by atoms with Gasteiger partial charge in [-0.25, -0.2) is 4.98 Å². The highest BCUT2D eigenvalue weighted by Gasteiger charge is 2.17. The van der Waals surface area contributed by atoms with Gasteiger partial charge in [0.2, 0.25) is 0 Å². The summed E-state index contributed by atoms with van der Waals surface area (Å²) >= 11 is 1.41. The van der Waals surface area contributed by atoms with Crippen LogP contribution in [0.15, 0.2) is 78.6 Å². The number of hydrogen-bond acceptors (Lipinski definition) is 6. The molecule has 140 valence electrons. The van der Waals surface area contributed by atoms with Gasteiger partial charge in [0.05, 0.1) is 25.0 Å². The number of hydrogen-bond donors (Lipinski definition) is 1. The Morgan fingerprint density at radius 1 is 1.04 bits per heavy atom. The fraction of sp³-hybridized carbons (Fsp3) is 0.100. The number of thiazole rings is 1. The minimum absolute atomic E-state index is 0.179. The number of benzene rings is 2. The Bertz CT molecular complexity index is 1000. The minimum atomic E-state index is -0.257. The van der Waals surface area contributed by atoms with Gasteiger partial charge in [-0.3, -0.25) is 4.79 Å². The molecule has 0 fully saturated rings. The van der Waals surface area contributed by atoms with Gasteiger partial charge in [0.25, 0.3) is 11.1 Å². The normalized spacial score (nSPS) is 11.7. The van der Waals surface area contributed by atoms with E-state index in [2.05, 4.69) is 20.5 Å². The Morgan fingerprint density at radius 2 is 1.79 bits per heavy atom. The highest BCUT2D eigenvalue weighted by atomic mass is 32.1. The second-order valence-electron chi connectivity index (χ2n) is 5.95. The fourth-order valence-electron chi connectivity index (χ4n) is 2.70. The average molecular weight is 391 g/mol. The topological polar surface area (TPSA) is 81.9 Å². The monoisotopic (exact) mass is 391 g/mol. The molecule has 4 aromatic rings. The van der Waals surface area contributed by atoms with Crippen LogP contribution in [0.5, 0.6) is 10.9 Å². The molecule has 2 heterocycles. The molecule has 1 atom stereocenters. The van der Waals surface area contributed by atoms with Gasteiger partial charge in [-0.1, -0.05) is 41.7 Å². The van der Waals surface area contributed by atoms with E-state index in [4.69, 9.17) is 4.74 Å². The van der Waals surface area contributed by atoms with Crippen molar-refractivity contribution in [1.29, 1.82) is 0 Å². The average Bonchev–Trinajstić information content (AvgIpc) is 3.43. The Kier molecular flexibility index (Phi) is 5.39. The van der Waals surface area contributed by atoms with E-state index in [1.807, 2.05) is 35.7 Å². The molecule has 0 radical (unpaired) electrons. The Morgan fingerprint density at radius 3 is 2.46 bits per heavy atom. The van der Waals surface area contributed by atoms with Crippen LogP contribution in [0.1, 0.15) is 22.0 Å². The van der Waals surface area contributed by atoms with E-state index >= 15 is 0 Å². The van der Waals surface area contributed by atoms with Gasteiger partial charge < -0.3 is 10.1 Å². The lowest BCUT2D eigenvalue weighted by molar-refractivity contribution is 0.0930. The molecule has 4 rings (SSSR count). The third-order valence-electron chi connectivity index (χ3n) is 4.05. The summed E-state index contributed by atoms with van der Waals surface area (Å²) in [6.45, 7) is 0.438. The first-order chi connectivity index (χ1) is 13.8. The van der Waals surface area contributed by atoms with Crippen molar-refractivity contribution in [1.82, 2.24) is 25.3 Å². The zero-order valence-electron chi connectivity index (χ0n) is 14.8. The Hall–Kier alpha value is -3.52. The highest BCUT2D eigenvalue weighted by molar-refractivity contribution is 7.11. The van der Waals surface area contributed by atoms with Crippen LogP contribution in [-0.2, 0) is 6.54 Å². The zero-order valence-corrected chi connectivity index (χ0v) is 15.6. The van der Waals surface area contributed by atoms with Crippen molar-refractivity contribution in [2.75, 3.05) is 0 Å². The lowest BCUT2D eigenvalue weighted by Crippen LogP contribution is -2.32. The van der Waals surface area contributed by atoms with Gasteiger partial charge in [0.1, 0.15) is 5.75 Å². The summed E-state index contributed by atoms with van der Waals surface area (Å²) in [5.41, 5.74) is 1.53. The number of carbonyl (C=O) groups excluding carboxylic acids is 1. The number of aromatic nitrogens is 4. The maximum atomic E-state index is 12.8. The van der Waals surface area contributed by atoms with E-state index in [9.17, 15) is 4.79 Å². The molecule has 0 saturated carbocycles. The first-order valence-electron chi connectivity index (χ1n) is 8.65. The molecule has 8 heteroatoms. The van der Waals surface area contributed by atoms with Gasteiger partial charge in [-0.15, -0.1) is 0 Å². The maximum absolute atomic E-state index is 12.8. The van der Waals surface area contributed by atoms with Crippen molar-refractivity contribution >= 4 is 17.2 Å². The second kappa shape index (κ2) is 8.45. The highest BCUT2D eigenvalue weighted by Crippen LogP contribution is 2.23. The van der Waals surface area contributed by atoms with E-state index < -0.39 is 0 Å². The predicted molar refractivity (Wildman–Crippen MR) is 105 cm³/mol. The van der Waals surface area contributed by atoms with Crippen molar-refractivity contribution in [2.45, 2.75) is 12.6 Å². The van der Waals surface area contributed by atoms with Gasteiger partial charge in [-0.05, 0) is 29.8 Å². The summed E-state index contributed by atoms with van der Waals surface area (Å²) in [4.78, 5) is 18.4. The van der Waals surface area contributed by atoms with Crippen LogP contribution in [0.4, 0.5) is 0 Å². The summed E-state index contributed by atoms with van der Waals surface area (Å²) in [5, 5.41) is 13.8. The first-order valence-corrected chi connectivity index (χ1v) is 9.53. The number of carbonyl (C=O) groups is 1. The molecule has 7 nitrogen and oxygen atoms in total. The Labute approximate surface area is 165 Å². The first kappa shape index (κ1) is 17.9. The maximum Gasteiger partial charge on any atom is 0.278 e. The minimum Gasteiger partial charge on any atom is -0.431 e. The molecule has 28 heavy (non-hydrogen) atoms. The van der Waals surface area contributed by atoms with Gasteiger partial charge in [0, 0.05) is 17.1 Å². The molecule has 0 spiro atoms. The third kappa shape index (κ3) is 4.41. The summed E-state index contributed by atoms with van der Waals surface area (Å²) in [5.74, 6) is 0.452. The number of ether oxygens (including phenoxy) is 1. The van der Waals surface area contributed by atoms with Crippen molar-refractivity contribution in [3.05, 3.63) is 89.7 Å². The van der Waals surface area contributed by atoms with Crippen LogP contribution in [-0.4, -0.2) is 25.9 Å². The van der Waals surface area contributed by atoms with Crippen LogP contribution < -0.4 is 10.1 Å². The molecule has 2 aromatic carbocycles. The lowest BCUT2D eigenvalue weighted by Gasteiger charge is -2.19. The van der Waals surface area contributed by atoms with E-state index in [-0.39, 0.29) is 11.9 Å². The molecular weight excluding hydrogens is 374 g/mol. The van der Waals surface area contributed by atoms with Crippen LogP contribution in [0.2, 0.25) is 0 Å². The van der Waals surface area contributed by atoms with E-state index in [1.165, 1.54) is 11.3 Å². The number of rotatable bonds is 7. The molecular formula is C20H17N5O2S. The zero-order chi connectivity index (χ0) is 19.2. The van der Waals surface area contributed by atoms with Crippen LogP contribution in [0.25, 0.3) is 0 Å². The van der Waals surface area contributed by atoms with E-state index in [0.29, 0.717) is 23.1 Å². The molecule has 0 aliphatic heterocycles. The smallest absolute Gasteiger partial charge is 0.278 e. The SMILES string of the molecule is O=C(NC(Cn1nccn1)c1ccccc1)c1ccc(Oc2nccs2)cc1. The molecule has 0 bridgehead atoms. The second-order valence-corrected chi connectivity index (χ2v) is 6.80. The molecule has 0 saturated heterocycles. The molecule has 0 aliphatic rings. The molecule has 0 aliphatic carbocycles. The van der Waals surface area contributed by atoms with Crippen molar-refractivity contribution in [3.63, 3.8) is 0 Å². The summed E-state index contributed by atoms with van der Waals surface area (Å²) in [6, 6.07) is 16.5. The third-order valence-corrected chi connectivity index (χ3v) is 4.70. The number of nitrogens with zero attached hydrogens (tertiary/aromatic N) is 4. The molecule has 1 N–H and O–H groups in total. The number of amides is 1. The summed E-state index contributed by atoms with van der Waals surface area (Å²) < 4.78 is 5.63. The van der Waals surface area contributed by atoms with Crippen molar-refractivity contribution < 1.29 is 9.53 Å². The summed E-state index contributed by atoms with van der Waals surface area (Å²) in [6.07, 6.45) is 4.91. The van der Waals surface area contributed by atoms with Crippen molar-refractivity contribution in [3.8, 4) is 10.9 Å². The quantitative estimate of drug-likeness (QED) is 0.519. The van der Waals surface area contributed by atoms with Crippen LogP contribution in [0, 0.1) is 0 Å². The fourth-order valence-corrected chi connectivity index (χ4v) is 3.20. The van der Waals surface area contributed by atoms with E-state index in [0.717, 1.165) is 5.56 Å². The van der Waals surface area contributed by atoms with E-state index in [1.54, 1.807) is 47.7 Å². The molecule has 2 aromatic heterocycles. The van der Waals surface area contributed by atoms with Crippen LogP contribution >= 0.6 is 11.3 Å². The molecule has 1 amide bonds. The van der Waals surface area contributed by atoms with Gasteiger partial charge >= 0.3 is 0 Å². The van der Waals surface area contributed by atoms with Crippen LogP contribution in [0.3, 0.4) is 0 Å². The Balaban J connectivity index is 1.47. The lowest BCUT2D eigenvalue weighted by atomic mass is 10.1. The largest absolute Gasteiger partial charge is 0.431 e. The van der Waals surface area contributed by atoms with Gasteiger partial charge in [0.15, 0.2) is 0 Å². The predicted octanol–water partition coefficient (Wildman–Crippen LogP) is 3.70. The number of nitrogens with one attached hydrogen (secondary N) is 1. The molecule has 1 unspecified atom stereocenters. The summed E-state index contributed by atoms with van der Waals surface area (Å²) in [7, 11) is 0.